The molecular formula is C26H32N4O. The van der Waals surface area contributed by atoms with Gasteiger partial charge in [0, 0.05) is 24.7 Å². The maximum absolute atomic E-state index is 13.1. The summed E-state index contributed by atoms with van der Waals surface area (Å²) in [5.41, 5.74) is 4.40. The quantitative estimate of drug-likeness (QED) is 0.561. The highest BCUT2D eigenvalue weighted by Gasteiger charge is 2.19. The van der Waals surface area contributed by atoms with Crippen molar-refractivity contribution in [2.75, 3.05) is 19.6 Å². The molecule has 0 unspecified atom stereocenters. The third-order valence-corrected chi connectivity index (χ3v) is 6.11. The first-order chi connectivity index (χ1) is 15.1. The van der Waals surface area contributed by atoms with Gasteiger partial charge in [0.2, 0.25) is 0 Å². The minimum atomic E-state index is -0.0807. The molecule has 0 bridgehead atoms. The molecule has 3 aromatic rings. The van der Waals surface area contributed by atoms with Crippen LogP contribution in [0.15, 0.2) is 60.7 Å². The number of hydrogen-bond donors (Lipinski definition) is 1. The molecule has 0 saturated carbocycles. The molecule has 1 N–H and O–H groups in total. The minimum absolute atomic E-state index is 0.0807. The summed E-state index contributed by atoms with van der Waals surface area (Å²) in [6.07, 6.45) is 4.86. The standard InChI is InChI=1S/C26H32N4O/c1-20-10-8-14-23(18-20)30-25(19-24(28-30)22-12-4-3-5-13-22)26(31)27-15-9-17-29-16-7-6-11-21(29)2/h3-5,8,10,12-14,18-19,21H,6-7,9,11,15-17H2,1-2H3,(H,27,31)/t21-/m1/s1. The van der Waals surface area contributed by atoms with Crippen molar-refractivity contribution in [2.45, 2.75) is 45.6 Å². The van der Waals surface area contributed by atoms with Crippen molar-refractivity contribution < 1.29 is 4.79 Å². The molecule has 1 aromatic heterocycles. The lowest BCUT2D eigenvalue weighted by Gasteiger charge is -2.33. The van der Waals surface area contributed by atoms with E-state index in [1.807, 2.05) is 61.5 Å². The van der Waals surface area contributed by atoms with E-state index in [2.05, 4.69) is 23.2 Å². The first kappa shape index (κ1) is 21.3. The van der Waals surface area contributed by atoms with Crippen LogP contribution in [-0.2, 0) is 0 Å². The molecule has 2 aromatic carbocycles. The van der Waals surface area contributed by atoms with Crippen molar-refractivity contribution in [3.8, 4) is 16.9 Å². The molecule has 5 heteroatoms. The number of nitrogens with zero attached hydrogens (tertiary/aromatic N) is 3. The van der Waals surface area contributed by atoms with Crippen LogP contribution in [-0.4, -0.2) is 46.3 Å². The number of likely N-dealkylation sites (tertiary alicyclic amines) is 1. The largest absolute Gasteiger partial charge is 0.351 e. The lowest BCUT2D eigenvalue weighted by Crippen LogP contribution is -2.39. The fourth-order valence-electron chi connectivity index (χ4n) is 4.31. The zero-order valence-corrected chi connectivity index (χ0v) is 18.6. The number of piperidine rings is 1. The number of carbonyl (C=O) groups excluding carboxylic acids is 1. The summed E-state index contributed by atoms with van der Waals surface area (Å²) in [5, 5.41) is 7.89. The Kier molecular flexibility index (Phi) is 6.82. The molecule has 1 atom stereocenters. The van der Waals surface area contributed by atoms with Gasteiger partial charge in [-0.05, 0) is 63.4 Å². The molecule has 0 radical (unpaired) electrons. The van der Waals surface area contributed by atoms with Crippen LogP contribution in [0.1, 0.15) is 48.7 Å². The van der Waals surface area contributed by atoms with Crippen LogP contribution in [0.25, 0.3) is 16.9 Å². The molecule has 0 spiro atoms. The summed E-state index contributed by atoms with van der Waals surface area (Å²) < 4.78 is 1.76. The highest BCUT2D eigenvalue weighted by atomic mass is 16.2. The normalized spacial score (nSPS) is 16.9. The van der Waals surface area contributed by atoms with E-state index in [4.69, 9.17) is 5.10 Å². The van der Waals surface area contributed by atoms with Gasteiger partial charge in [0.1, 0.15) is 5.69 Å². The molecule has 162 valence electrons. The third kappa shape index (κ3) is 5.23. The molecule has 2 heterocycles. The van der Waals surface area contributed by atoms with E-state index < -0.39 is 0 Å². The van der Waals surface area contributed by atoms with Crippen molar-refractivity contribution in [3.05, 3.63) is 71.9 Å². The van der Waals surface area contributed by atoms with Crippen LogP contribution in [0.2, 0.25) is 0 Å². The Bertz CT molecular complexity index is 1010. The smallest absolute Gasteiger partial charge is 0.270 e. The molecule has 1 amide bonds. The number of rotatable bonds is 7. The van der Waals surface area contributed by atoms with Gasteiger partial charge in [-0.3, -0.25) is 4.79 Å². The van der Waals surface area contributed by atoms with Crippen LogP contribution in [0.4, 0.5) is 0 Å². The Labute approximate surface area is 185 Å². The van der Waals surface area contributed by atoms with E-state index in [-0.39, 0.29) is 5.91 Å². The summed E-state index contributed by atoms with van der Waals surface area (Å²) in [7, 11) is 0. The number of amides is 1. The van der Waals surface area contributed by atoms with Gasteiger partial charge in [0.05, 0.1) is 11.4 Å². The fraction of sp³-hybridized carbons (Fsp3) is 0.385. The molecule has 1 saturated heterocycles. The highest BCUT2D eigenvalue weighted by molar-refractivity contribution is 5.94. The zero-order chi connectivity index (χ0) is 21.6. The second-order valence-corrected chi connectivity index (χ2v) is 8.52. The lowest BCUT2D eigenvalue weighted by atomic mass is 10.0. The first-order valence-corrected chi connectivity index (χ1v) is 11.4. The van der Waals surface area contributed by atoms with E-state index in [9.17, 15) is 4.79 Å². The second kappa shape index (κ2) is 9.92. The average Bonchev–Trinajstić information content (AvgIpc) is 3.24. The number of benzene rings is 2. The Morgan fingerprint density at radius 3 is 2.71 bits per heavy atom. The summed E-state index contributed by atoms with van der Waals surface area (Å²) >= 11 is 0. The molecule has 1 aliphatic rings. The summed E-state index contributed by atoms with van der Waals surface area (Å²) in [4.78, 5) is 15.6. The van der Waals surface area contributed by atoms with Gasteiger partial charge >= 0.3 is 0 Å². The molecule has 5 nitrogen and oxygen atoms in total. The van der Waals surface area contributed by atoms with Gasteiger partial charge in [-0.2, -0.15) is 5.10 Å². The lowest BCUT2D eigenvalue weighted by molar-refractivity contribution is 0.0941. The number of hydrogen-bond acceptors (Lipinski definition) is 3. The zero-order valence-electron chi connectivity index (χ0n) is 18.6. The molecule has 0 aliphatic carbocycles. The van der Waals surface area contributed by atoms with E-state index in [1.54, 1.807) is 4.68 Å². The summed E-state index contributed by atoms with van der Waals surface area (Å²) in [6.45, 7) is 7.24. The molecule has 31 heavy (non-hydrogen) atoms. The van der Waals surface area contributed by atoms with Crippen LogP contribution in [0.5, 0.6) is 0 Å². The maximum Gasteiger partial charge on any atom is 0.270 e. The van der Waals surface area contributed by atoms with E-state index in [0.717, 1.165) is 35.5 Å². The minimum Gasteiger partial charge on any atom is -0.351 e. The van der Waals surface area contributed by atoms with Crippen molar-refractivity contribution in [3.63, 3.8) is 0 Å². The van der Waals surface area contributed by atoms with Gasteiger partial charge in [0.15, 0.2) is 0 Å². The van der Waals surface area contributed by atoms with Crippen molar-refractivity contribution in [2.24, 2.45) is 0 Å². The Morgan fingerprint density at radius 2 is 1.94 bits per heavy atom. The average molecular weight is 417 g/mol. The highest BCUT2D eigenvalue weighted by Crippen LogP contribution is 2.22. The summed E-state index contributed by atoms with van der Waals surface area (Å²) in [5.74, 6) is -0.0807. The Balaban J connectivity index is 1.49. The van der Waals surface area contributed by atoms with Gasteiger partial charge in [0.25, 0.3) is 5.91 Å². The fourth-order valence-corrected chi connectivity index (χ4v) is 4.31. The predicted octanol–water partition coefficient (Wildman–Crippen LogP) is 4.84. The van der Waals surface area contributed by atoms with Crippen LogP contribution in [0.3, 0.4) is 0 Å². The number of carbonyl (C=O) groups is 1. The first-order valence-electron chi connectivity index (χ1n) is 11.4. The number of nitrogens with one attached hydrogen (secondary N) is 1. The van der Waals surface area contributed by atoms with Crippen LogP contribution < -0.4 is 5.32 Å². The molecule has 4 rings (SSSR count). The number of aromatic nitrogens is 2. The van der Waals surface area contributed by atoms with Gasteiger partial charge in [-0.25, -0.2) is 4.68 Å². The molecular weight excluding hydrogens is 384 g/mol. The topological polar surface area (TPSA) is 50.2 Å². The van der Waals surface area contributed by atoms with Crippen LogP contribution >= 0.6 is 0 Å². The number of aryl methyl sites for hydroxylation is 1. The summed E-state index contributed by atoms with van der Waals surface area (Å²) in [6, 6.07) is 20.6. The van der Waals surface area contributed by atoms with Gasteiger partial charge in [-0.15, -0.1) is 0 Å². The Hall–Kier alpha value is -2.92. The monoisotopic (exact) mass is 416 g/mol. The Morgan fingerprint density at radius 1 is 1.10 bits per heavy atom. The van der Waals surface area contributed by atoms with Gasteiger partial charge < -0.3 is 10.2 Å². The van der Waals surface area contributed by atoms with Crippen molar-refractivity contribution in [1.82, 2.24) is 20.0 Å². The maximum atomic E-state index is 13.1. The second-order valence-electron chi connectivity index (χ2n) is 8.52. The predicted molar refractivity (Wildman–Crippen MR) is 126 cm³/mol. The van der Waals surface area contributed by atoms with E-state index in [1.165, 1.54) is 25.8 Å². The van der Waals surface area contributed by atoms with Crippen molar-refractivity contribution >= 4 is 5.91 Å². The van der Waals surface area contributed by atoms with Crippen molar-refractivity contribution in [1.29, 1.82) is 0 Å². The SMILES string of the molecule is Cc1cccc(-n2nc(-c3ccccc3)cc2C(=O)NCCCN2CCCC[C@H]2C)c1. The van der Waals surface area contributed by atoms with E-state index >= 15 is 0 Å². The van der Waals surface area contributed by atoms with Gasteiger partial charge in [-0.1, -0.05) is 48.9 Å². The van der Waals surface area contributed by atoms with Crippen LogP contribution in [0, 0.1) is 6.92 Å². The van der Waals surface area contributed by atoms with E-state index in [0.29, 0.717) is 18.3 Å². The molecule has 1 fully saturated rings. The molecule has 1 aliphatic heterocycles. The third-order valence-electron chi connectivity index (χ3n) is 6.11.